The first kappa shape index (κ1) is 28.1. The van der Waals surface area contributed by atoms with Crippen LogP contribution in [0.2, 0.25) is 0 Å². The predicted octanol–water partition coefficient (Wildman–Crippen LogP) is 3.51. The summed E-state index contributed by atoms with van der Waals surface area (Å²) in [6.45, 7) is 1.29. The standard InChI is InChI=1S/C20H34N5O8P/c21-16(15-32-34(28,29)30)14-31-13-9-7-5-3-1-2-4-6-8-12-22-17-10-11-18(25(26)27)20-19(17)23-33-24-20/h10-11,16,22H,1-9,12-15,21H2,(H2,28,29,30)/t16-/m1/s1. The molecule has 13 nitrogen and oxygen atoms in total. The van der Waals surface area contributed by atoms with E-state index in [4.69, 9.17) is 20.3 Å². The maximum absolute atomic E-state index is 11.0. The molecule has 0 saturated heterocycles. The highest BCUT2D eigenvalue weighted by Crippen LogP contribution is 2.35. The Balaban J connectivity index is 1.41. The van der Waals surface area contributed by atoms with Gasteiger partial charge in [-0.05, 0) is 29.2 Å². The van der Waals surface area contributed by atoms with Crippen LogP contribution in [-0.4, -0.2) is 57.4 Å². The molecule has 2 aromatic rings. The van der Waals surface area contributed by atoms with Gasteiger partial charge in [0.15, 0.2) is 5.52 Å². The first-order valence-corrected chi connectivity index (χ1v) is 13.0. The van der Waals surface area contributed by atoms with Gasteiger partial charge in [-0.3, -0.25) is 14.6 Å². The predicted molar refractivity (Wildman–Crippen MR) is 125 cm³/mol. The summed E-state index contributed by atoms with van der Waals surface area (Å²) in [6.07, 6.45) is 9.91. The second-order valence-electron chi connectivity index (χ2n) is 8.08. The number of nitro benzene ring substituents is 1. The van der Waals surface area contributed by atoms with Gasteiger partial charge in [0.25, 0.3) is 0 Å². The summed E-state index contributed by atoms with van der Waals surface area (Å²) in [7, 11) is -4.48. The van der Waals surface area contributed by atoms with Gasteiger partial charge in [0.1, 0.15) is 0 Å². The van der Waals surface area contributed by atoms with Crippen molar-refractivity contribution in [3.8, 4) is 0 Å². The molecule has 5 N–H and O–H groups in total. The quantitative estimate of drug-likeness (QED) is 0.0943. The monoisotopic (exact) mass is 503 g/mol. The molecule has 0 aliphatic carbocycles. The van der Waals surface area contributed by atoms with Gasteiger partial charge in [-0.15, -0.1) is 0 Å². The SMILES string of the molecule is N[C@H](COCCCCCCCCCCCNc1ccc([N+](=O)[O-])c2nonc12)COP(=O)(O)O. The molecule has 0 bridgehead atoms. The van der Waals surface area contributed by atoms with Gasteiger partial charge in [0, 0.05) is 19.2 Å². The molecule has 0 aliphatic heterocycles. The lowest BCUT2D eigenvalue weighted by Crippen LogP contribution is -2.31. The van der Waals surface area contributed by atoms with E-state index in [0.29, 0.717) is 17.8 Å². The number of hydrogen-bond acceptors (Lipinski definition) is 10. The number of phosphoric ester groups is 1. The van der Waals surface area contributed by atoms with E-state index in [1.54, 1.807) is 6.07 Å². The van der Waals surface area contributed by atoms with Crippen LogP contribution < -0.4 is 11.1 Å². The average Bonchev–Trinajstić information content (AvgIpc) is 3.27. The molecule has 0 spiro atoms. The molecule has 1 aromatic carbocycles. The van der Waals surface area contributed by atoms with Crippen LogP contribution in [0, 0.1) is 10.1 Å². The molecular formula is C20H34N5O8P. The molecule has 34 heavy (non-hydrogen) atoms. The van der Waals surface area contributed by atoms with Gasteiger partial charge in [-0.25, -0.2) is 9.19 Å². The molecule has 0 radical (unpaired) electrons. The Morgan fingerprint density at radius 2 is 1.65 bits per heavy atom. The third-order valence-electron chi connectivity index (χ3n) is 5.16. The van der Waals surface area contributed by atoms with Crippen LogP contribution in [0.15, 0.2) is 16.8 Å². The third kappa shape index (κ3) is 10.9. The molecule has 0 unspecified atom stereocenters. The zero-order valence-electron chi connectivity index (χ0n) is 19.1. The number of non-ortho nitro benzene ring substituents is 1. The minimum Gasteiger partial charge on any atom is -0.383 e. The van der Waals surface area contributed by atoms with Gasteiger partial charge >= 0.3 is 13.5 Å². The Hall–Kier alpha value is -2.15. The number of nitrogens with two attached hydrogens (primary N) is 1. The van der Waals surface area contributed by atoms with E-state index in [-0.39, 0.29) is 24.4 Å². The zero-order chi connectivity index (χ0) is 24.8. The van der Waals surface area contributed by atoms with E-state index >= 15 is 0 Å². The van der Waals surface area contributed by atoms with Crippen molar-refractivity contribution in [2.24, 2.45) is 5.73 Å². The lowest BCUT2D eigenvalue weighted by molar-refractivity contribution is -0.383. The molecule has 1 aromatic heterocycles. The van der Waals surface area contributed by atoms with Crippen LogP contribution >= 0.6 is 7.82 Å². The number of nitro groups is 1. The van der Waals surface area contributed by atoms with E-state index < -0.39 is 18.8 Å². The van der Waals surface area contributed by atoms with Crippen LogP contribution in [0.3, 0.4) is 0 Å². The molecule has 2 rings (SSSR count). The number of hydrogen-bond donors (Lipinski definition) is 4. The number of ether oxygens (including phenoxy) is 1. The molecule has 0 saturated carbocycles. The van der Waals surface area contributed by atoms with Crippen molar-refractivity contribution < 1.29 is 33.2 Å². The Kier molecular flexibility index (Phi) is 12.4. The number of anilines is 1. The van der Waals surface area contributed by atoms with Gasteiger partial charge in [0.2, 0.25) is 5.52 Å². The van der Waals surface area contributed by atoms with Crippen molar-refractivity contribution in [3.05, 3.63) is 22.2 Å². The molecular weight excluding hydrogens is 469 g/mol. The average molecular weight is 503 g/mol. The molecule has 192 valence electrons. The largest absolute Gasteiger partial charge is 0.469 e. The summed E-state index contributed by atoms with van der Waals surface area (Å²) < 4.78 is 25.0. The van der Waals surface area contributed by atoms with Crippen molar-refractivity contribution >= 4 is 30.2 Å². The van der Waals surface area contributed by atoms with Crippen LogP contribution in [0.25, 0.3) is 11.0 Å². The minimum atomic E-state index is -4.48. The maximum atomic E-state index is 11.0. The summed E-state index contributed by atoms with van der Waals surface area (Å²) in [4.78, 5) is 27.7. The van der Waals surface area contributed by atoms with Crippen LogP contribution in [0.5, 0.6) is 0 Å². The molecule has 1 heterocycles. The third-order valence-corrected chi connectivity index (χ3v) is 5.65. The van der Waals surface area contributed by atoms with Crippen LogP contribution in [0.1, 0.15) is 57.8 Å². The molecule has 0 amide bonds. The van der Waals surface area contributed by atoms with Crippen molar-refractivity contribution in [2.45, 2.75) is 63.8 Å². The second kappa shape index (κ2) is 15.0. The Morgan fingerprint density at radius 1 is 1.03 bits per heavy atom. The van der Waals surface area contributed by atoms with E-state index in [1.165, 1.54) is 25.3 Å². The fraction of sp³-hybridized carbons (Fsp3) is 0.700. The fourth-order valence-corrected chi connectivity index (χ4v) is 3.79. The maximum Gasteiger partial charge on any atom is 0.469 e. The molecule has 1 atom stereocenters. The van der Waals surface area contributed by atoms with E-state index in [0.717, 1.165) is 45.1 Å². The van der Waals surface area contributed by atoms with Gasteiger partial charge in [-0.1, -0.05) is 44.9 Å². The van der Waals surface area contributed by atoms with Crippen molar-refractivity contribution in [3.63, 3.8) is 0 Å². The summed E-state index contributed by atoms with van der Waals surface area (Å²) in [6, 6.07) is 2.48. The number of rotatable bonds is 19. The number of fused-ring (bicyclic) bond motifs is 1. The van der Waals surface area contributed by atoms with Crippen LogP contribution in [0.4, 0.5) is 11.4 Å². The topological polar surface area (TPSA) is 196 Å². The number of aromatic nitrogens is 2. The molecule has 0 fully saturated rings. The molecule has 14 heteroatoms. The van der Waals surface area contributed by atoms with E-state index in [2.05, 4.69) is 24.8 Å². The Labute approximate surface area is 197 Å². The summed E-state index contributed by atoms with van der Waals surface area (Å²) >= 11 is 0. The van der Waals surface area contributed by atoms with Gasteiger partial charge in [0.05, 0.1) is 29.9 Å². The number of phosphoric acid groups is 1. The summed E-state index contributed by atoms with van der Waals surface area (Å²) in [5.41, 5.74) is 6.74. The van der Waals surface area contributed by atoms with Crippen molar-refractivity contribution in [1.29, 1.82) is 0 Å². The second-order valence-corrected chi connectivity index (χ2v) is 9.32. The summed E-state index contributed by atoms with van der Waals surface area (Å²) in [5.74, 6) is 0. The van der Waals surface area contributed by atoms with Gasteiger partial charge < -0.3 is 25.6 Å². The number of nitrogens with zero attached hydrogens (tertiary/aromatic N) is 3. The smallest absolute Gasteiger partial charge is 0.383 e. The fourth-order valence-electron chi connectivity index (χ4n) is 3.41. The van der Waals surface area contributed by atoms with E-state index in [9.17, 15) is 14.7 Å². The highest BCUT2D eigenvalue weighted by Gasteiger charge is 2.19. The highest BCUT2D eigenvalue weighted by molar-refractivity contribution is 7.46. The minimum absolute atomic E-state index is 0.121. The number of unbranched alkanes of at least 4 members (excludes halogenated alkanes) is 8. The normalized spacial score (nSPS) is 12.8. The zero-order valence-corrected chi connectivity index (χ0v) is 20.0. The van der Waals surface area contributed by atoms with Crippen LogP contribution in [-0.2, 0) is 13.8 Å². The number of nitrogens with one attached hydrogen (secondary N) is 1. The van der Waals surface area contributed by atoms with E-state index in [1.807, 2.05) is 0 Å². The lowest BCUT2D eigenvalue weighted by atomic mass is 10.1. The van der Waals surface area contributed by atoms with Crippen molar-refractivity contribution in [2.75, 3.05) is 31.7 Å². The highest BCUT2D eigenvalue weighted by atomic mass is 31.2. The summed E-state index contributed by atoms with van der Waals surface area (Å²) in [5, 5.41) is 21.7. The van der Waals surface area contributed by atoms with Gasteiger partial charge in [-0.2, -0.15) is 0 Å². The first-order chi connectivity index (χ1) is 16.3. The molecule has 0 aliphatic rings. The Bertz CT molecular complexity index is 922. The number of benzene rings is 1. The lowest BCUT2D eigenvalue weighted by Gasteiger charge is -2.13. The Morgan fingerprint density at radius 3 is 2.29 bits per heavy atom. The van der Waals surface area contributed by atoms with Crippen molar-refractivity contribution in [1.82, 2.24) is 10.3 Å². The first-order valence-electron chi connectivity index (χ1n) is 11.4.